The molecule has 2 fully saturated rings. The number of aldehydes is 1. The van der Waals surface area contributed by atoms with Gasteiger partial charge in [-0.2, -0.15) is 0 Å². The fourth-order valence-electron chi connectivity index (χ4n) is 2.51. The second-order valence-corrected chi connectivity index (χ2v) is 4.05. The zero-order chi connectivity index (χ0) is 7.73. The summed E-state index contributed by atoms with van der Waals surface area (Å²) < 4.78 is 0. The van der Waals surface area contributed by atoms with Gasteiger partial charge in [0, 0.05) is 5.92 Å². The maximum atomic E-state index is 10.4. The lowest BCUT2D eigenvalue weighted by molar-refractivity contribution is -0.118. The van der Waals surface area contributed by atoms with Gasteiger partial charge in [0.2, 0.25) is 0 Å². The molecule has 1 saturated carbocycles. The monoisotopic (exact) mass is 153 g/mol. The van der Waals surface area contributed by atoms with Crippen molar-refractivity contribution in [3.63, 3.8) is 0 Å². The van der Waals surface area contributed by atoms with E-state index in [1.807, 2.05) is 0 Å². The second kappa shape index (κ2) is 2.59. The molecule has 62 valence electrons. The summed E-state index contributed by atoms with van der Waals surface area (Å²) in [5.41, 5.74) is 0.580. The largest absolute Gasteiger partial charge is 0.317 e. The average Bonchev–Trinajstić information content (AvgIpc) is 2.01. The van der Waals surface area contributed by atoms with Crippen LogP contribution in [0.1, 0.15) is 25.7 Å². The first-order valence-corrected chi connectivity index (χ1v) is 4.51. The van der Waals surface area contributed by atoms with Crippen LogP contribution in [0, 0.1) is 11.3 Å². The van der Waals surface area contributed by atoms with Gasteiger partial charge in [0.05, 0.1) is 0 Å². The Morgan fingerprint density at radius 2 is 1.91 bits per heavy atom. The first kappa shape index (κ1) is 7.29. The minimum atomic E-state index is 0.396. The number of piperidine rings is 1. The van der Waals surface area contributed by atoms with Gasteiger partial charge in [-0.05, 0) is 44.2 Å². The summed E-state index contributed by atoms with van der Waals surface area (Å²) in [4.78, 5) is 10.4. The van der Waals surface area contributed by atoms with Crippen LogP contribution in [0.2, 0.25) is 0 Å². The molecule has 1 saturated heterocycles. The third kappa shape index (κ3) is 1.20. The Morgan fingerprint density at radius 3 is 2.45 bits per heavy atom. The second-order valence-electron chi connectivity index (χ2n) is 4.05. The van der Waals surface area contributed by atoms with E-state index in [9.17, 15) is 4.79 Å². The standard InChI is InChI=1S/C9H15NO/c11-7-8-5-9(6-8)1-3-10-4-2-9/h7-8,10H,1-6H2. The van der Waals surface area contributed by atoms with Crippen LogP contribution in [0.5, 0.6) is 0 Å². The number of hydrogen-bond donors (Lipinski definition) is 1. The van der Waals surface area contributed by atoms with E-state index in [-0.39, 0.29) is 0 Å². The van der Waals surface area contributed by atoms with Gasteiger partial charge in [0.1, 0.15) is 6.29 Å². The number of carbonyl (C=O) groups is 1. The van der Waals surface area contributed by atoms with Crippen molar-refractivity contribution in [2.24, 2.45) is 11.3 Å². The van der Waals surface area contributed by atoms with Crippen molar-refractivity contribution in [3.8, 4) is 0 Å². The lowest BCUT2D eigenvalue weighted by Crippen LogP contribution is -2.45. The molecule has 2 heteroatoms. The summed E-state index contributed by atoms with van der Waals surface area (Å²) in [6.07, 6.45) is 6.04. The third-order valence-corrected chi connectivity index (χ3v) is 3.25. The maximum absolute atomic E-state index is 10.4. The highest BCUT2D eigenvalue weighted by atomic mass is 16.1. The molecule has 1 aliphatic heterocycles. The molecule has 0 amide bonds. The molecule has 0 aromatic heterocycles. The van der Waals surface area contributed by atoms with Crippen LogP contribution in [0.15, 0.2) is 0 Å². The van der Waals surface area contributed by atoms with Gasteiger partial charge in [-0.25, -0.2) is 0 Å². The molecule has 2 nitrogen and oxygen atoms in total. The zero-order valence-electron chi connectivity index (χ0n) is 6.81. The molecule has 1 spiro atoms. The Bertz CT molecular complexity index is 153. The molecule has 11 heavy (non-hydrogen) atoms. The molecule has 0 bridgehead atoms. The maximum Gasteiger partial charge on any atom is 0.123 e. The van der Waals surface area contributed by atoms with Crippen LogP contribution in [-0.2, 0) is 4.79 Å². The Hall–Kier alpha value is -0.370. The zero-order valence-corrected chi connectivity index (χ0v) is 6.81. The fourth-order valence-corrected chi connectivity index (χ4v) is 2.51. The molecule has 1 heterocycles. The summed E-state index contributed by atoms with van der Waals surface area (Å²) in [6.45, 7) is 2.32. The van der Waals surface area contributed by atoms with Gasteiger partial charge in [-0.3, -0.25) is 0 Å². The quantitative estimate of drug-likeness (QED) is 0.569. The molecule has 2 aliphatic rings. The van der Waals surface area contributed by atoms with E-state index < -0.39 is 0 Å². The van der Waals surface area contributed by atoms with E-state index >= 15 is 0 Å². The van der Waals surface area contributed by atoms with Crippen molar-refractivity contribution >= 4 is 6.29 Å². The molecule has 0 radical (unpaired) electrons. The van der Waals surface area contributed by atoms with E-state index in [2.05, 4.69) is 5.32 Å². The van der Waals surface area contributed by atoms with Crippen molar-refractivity contribution in [3.05, 3.63) is 0 Å². The Kier molecular flexibility index (Phi) is 1.72. The summed E-state index contributed by atoms with van der Waals surface area (Å²) >= 11 is 0. The molecule has 0 atom stereocenters. The Balaban J connectivity index is 1.88. The van der Waals surface area contributed by atoms with E-state index in [4.69, 9.17) is 0 Å². The van der Waals surface area contributed by atoms with Crippen LogP contribution in [0.25, 0.3) is 0 Å². The lowest BCUT2D eigenvalue weighted by Gasteiger charge is -2.48. The number of rotatable bonds is 1. The Labute approximate surface area is 67.4 Å². The van der Waals surface area contributed by atoms with Gasteiger partial charge in [0.25, 0.3) is 0 Å². The van der Waals surface area contributed by atoms with E-state index in [1.165, 1.54) is 12.8 Å². The highest BCUT2D eigenvalue weighted by Crippen LogP contribution is 2.50. The highest BCUT2D eigenvalue weighted by molar-refractivity contribution is 5.55. The minimum Gasteiger partial charge on any atom is -0.317 e. The highest BCUT2D eigenvalue weighted by Gasteiger charge is 2.43. The Morgan fingerprint density at radius 1 is 1.27 bits per heavy atom. The molecule has 1 aliphatic carbocycles. The van der Waals surface area contributed by atoms with Crippen molar-refractivity contribution in [1.82, 2.24) is 5.32 Å². The number of hydrogen-bond acceptors (Lipinski definition) is 2. The molecular formula is C9H15NO. The van der Waals surface area contributed by atoms with Crippen LogP contribution >= 0.6 is 0 Å². The SMILES string of the molecule is O=CC1CC2(CCNCC2)C1. The minimum absolute atomic E-state index is 0.396. The fraction of sp³-hybridized carbons (Fsp3) is 0.889. The van der Waals surface area contributed by atoms with Crippen molar-refractivity contribution in [1.29, 1.82) is 0 Å². The molecule has 2 rings (SSSR count). The normalized spacial score (nSPS) is 29.8. The number of carbonyl (C=O) groups excluding carboxylic acids is 1. The lowest BCUT2D eigenvalue weighted by atomic mass is 9.58. The molecule has 1 N–H and O–H groups in total. The first-order valence-electron chi connectivity index (χ1n) is 4.51. The van der Waals surface area contributed by atoms with Gasteiger partial charge < -0.3 is 10.1 Å². The van der Waals surface area contributed by atoms with Gasteiger partial charge in [0.15, 0.2) is 0 Å². The van der Waals surface area contributed by atoms with Crippen LogP contribution in [0.4, 0.5) is 0 Å². The van der Waals surface area contributed by atoms with Gasteiger partial charge in [-0.15, -0.1) is 0 Å². The van der Waals surface area contributed by atoms with Crippen molar-refractivity contribution < 1.29 is 4.79 Å². The molecular weight excluding hydrogens is 138 g/mol. The molecule has 0 aromatic carbocycles. The van der Waals surface area contributed by atoms with Crippen LogP contribution in [0.3, 0.4) is 0 Å². The first-order chi connectivity index (χ1) is 5.35. The summed E-state index contributed by atoms with van der Waals surface area (Å²) in [6, 6.07) is 0. The molecule has 0 aromatic rings. The molecule has 0 unspecified atom stereocenters. The average molecular weight is 153 g/mol. The predicted octanol–water partition coefficient (Wildman–Crippen LogP) is 0.965. The van der Waals surface area contributed by atoms with E-state index in [1.54, 1.807) is 0 Å². The van der Waals surface area contributed by atoms with E-state index in [0.717, 1.165) is 32.2 Å². The van der Waals surface area contributed by atoms with Crippen LogP contribution in [-0.4, -0.2) is 19.4 Å². The topological polar surface area (TPSA) is 29.1 Å². The summed E-state index contributed by atoms with van der Waals surface area (Å²) in [7, 11) is 0. The van der Waals surface area contributed by atoms with Crippen molar-refractivity contribution in [2.75, 3.05) is 13.1 Å². The predicted molar refractivity (Wildman–Crippen MR) is 43.3 cm³/mol. The third-order valence-electron chi connectivity index (χ3n) is 3.25. The van der Waals surface area contributed by atoms with Gasteiger partial charge >= 0.3 is 0 Å². The number of nitrogens with one attached hydrogen (secondary N) is 1. The smallest absolute Gasteiger partial charge is 0.123 e. The van der Waals surface area contributed by atoms with E-state index in [0.29, 0.717) is 11.3 Å². The van der Waals surface area contributed by atoms with Crippen molar-refractivity contribution in [2.45, 2.75) is 25.7 Å². The summed E-state index contributed by atoms with van der Waals surface area (Å²) in [5, 5.41) is 3.35. The van der Waals surface area contributed by atoms with Crippen LogP contribution < -0.4 is 5.32 Å². The summed E-state index contributed by atoms with van der Waals surface area (Å²) in [5.74, 6) is 0.396. The van der Waals surface area contributed by atoms with Gasteiger partial charge in [-0.1, -0.05) is 0 Å².